The number of fused-ring (bicyclic) bond motifs is 1. The lowest BCUT2D eigenvalue weighted by molar-refractivity contribution is -0.121. The number of halogens is 2. The molecule has 1 N–H and O–H groups in total. The summed E-state index contributed by atoms with van der Waals surface area (Å²) in [5.74, 6) is -0.942. The molecule has 0 bridgehead atoms. The van der Waals surface area contributed by atoms with Crippen LogP contribution in [0.2, 0.25) is 5.02 Å². The number of carbonyl (C=O) groups excluding carboxylic acids is 1. The number of pyridine rings is 1. The van der Waals surface area contributed by atoms with Crippen molar-refractivity contribution in [2.75, 3.05) is 18.4 Å². The van der Waals surface area contributed by atoms with E-state index in [1.54, 1.807) is 22.7 Å². The van der Waals surface area contributed by atoms with Crippen molar-refractivity contribution in [1.82, 2.24) is 18.9 Å². The van der Waals surface area contributed by atoms with E-state index in [9.17, 15) is 17.6 Å². The van der Waals surface area contributed by atoms with Gasteiger partial charge in [-0.25, -0.2) is 12.8 Å². The predicted molar refractivity (Wildman–Crippen MR) is 105 cm³/mol. The van der Waals surface area contributed by atoms with Crippen molar-refractivity contribution in [3.8, 4) is 0 Å². The SMILES string of the molecule is O=C(Nc1nnc2ccccn12)C1CCN(S(=O)(=O)c2ccc(F)c(Cl)c2)CC1. The summed E-state index contributed by atoms with van der Waals surface area (Å²) in [4.78, 5) is 12.5. The summed E-state index contributed by atoms with van der Waals surface area (Å²) in [5.41, 5.74) is 0.613. The molecule has 1 aliphatic heterocycles. The maximum atomic E-state index is 13.3. The van der Waals surface area contributed by atoms with Crippen LogP contribution in [-0.4, -0.2) is 46.3 Å². The molecule has 1 aromatic carbocycles. The summed E-state index contributed by atoms with van der Waals surface area (Å²) in [6, 6.07) is 8.70. The van der Waals surface area contributed by atoms with Crippen molar-refractivity contribution in [1.29, 1.82) is 0 Å². The van der Waals surface area contributed by atoms with Crippen LogP contribution in [-0.2, 0) is 14.8 Å². The maximum absolute atomic E-state index is 13.3. The Morgan fingerprint density at radius 2 is 1.93 bits per heavy atom. The highest BCUT2D eigenvalue weighted by atomic mass is 35.5. The number of anilines is 1. The van der Waals surface area contributed by atoms with Gasteiger partial charge in [0.05, 0.1) is 9.92 Å². The molecule has 8 nitrogen and oxygen atoms in total. The van der Waals surface area contributed by atoms with Crippen LogP contribution < -0.4 is 5.32 Å². The summed E-state index contributed by atoms with van der Waals surface area (Å²) in [7, 11) is -3.81. The number of hydrogen-bond acceptors (Lipinski definition) is 5. The first kappa shape index (κ1) is 19.7. The Morgan fingerprint density at radius 1 is 1.17 bits per heavy atom. The van der Waals surface area contributed by atoms with Crippen LogP contribution in [0, 0.1) is 11.7 Å². The summed E-state index contributed by atoms with van der Waals surface area (Å²) >= 11 is 5.71. The van der Waals surface area contributed by atoms with Gasteiger partial charge in [-0.05, 0) is 43.2 Å². The molecule has 11 heteroatoms. The minimum Gasteiger partial charge on any atom is -0.294 e. The Labute approximate surface area is 171 Å². The first-order valence-electron chi connectivity index (χ1n) is 8.92. The first-order chi connectivity index (χ1) is 13.9. The van der Waals surface area contributed by atoms with Gasteiger partial charge in [-0.15, -0.1) is 10.2 Å². The molecule has 0 aliphatic carbocycles. The fourth-order valence-corrected chi connectivity index (χ4v) is 5.03. The number of amides is 1. The number of sulfonamides is 1. The highest BCUT2D eigenvalue weighted by Gasteiger charge is 2.32. The molecule has 1 fully saturated rings. The van der Waals surface area contributed by atoms with E-state index in [4.69, 9.17) is 11.6 Å². The average molecular weight is 438 g/mol. The molecule has 0 spiro atoms. The molecule has 0 unspecified atom stereocenters. The van der Waals surface area contributed by atoms with Gasteiger partial charge in [0.25, 0.3) is 0 Å². The molecule has 3 heterocycles. The highest BCUT2D eigenvalue weighted by Crippen LogP contribution is 2.27. The Hall–Kier alpha value is -2.56. The van der Waals surface area contributed by atoms with Crippen molar-refractivity contribution in [3.63, 3.8) is 0 Å². The Bertz CT molecular complexity index is 1180. The van der Waals surface area contributed by atoms with Crippen molar-refractivity contribution < 1.29 is 17.6 Å². The number of nitrogens with zero attached hydrogens (tertiary/aromatic N) is 4. The average Bonchev–Trinajstić information content (AvgIpc) is 3.13. The number of piperidine rings is 1. The number of carbonyl (C=O) groups is 1. The van der Waals surface area contributed by atoms with Crippen LogP contribution in [0.15, 0.2) is 47.5 Å². The van der Waals surface area contributed by atoms with Crippen molar-refractivity contribution in [2.24, 2.45) is 5.92 Å². The van der Waals surface area contributed by atoms with E-state index >= 15 is 0 Å². The molecule has 1 saturated heterocycles. The smallest absolute Gasteiger partial charge is 0.243 e. The van der Waals surface area contributed by atoms with Crippen molar-refractivity contribution in [2.45, 2.75) is 17.7 Å². The molecule has 152 valence electrons. The quantitative estimate of drug-likeness (QED) is 0.676. The molecule has 2 aromatic heterocycles. The van der Waals surface area contributed by atoms with E-state index in [2.05, 4.69) is 15.5 Å². The first-order valence-corrected chi connectivity index (χ1v) is 10.7. The number of nitrogens with one attached hydrogen (secondary N) is 1. The monoisotopic (exact) mass is 437 g/mol. The molecule has 4 rings (SSSR count). The van der Waals surface area contributed by atoms with Gasteiger partial charge in [0.15, 0.2) is 5.65 Å². The van der Waals surface area contributed by atoms with E-state index in [1.807, 2.05) is 6.07 Å². The fraction of sp³-hybridized carbons (Fsp3) is 0.278. The lowest BCUT2D eigenvalue weighted by atomic mass is 9.97. The largest absolute Gasteiger partial charge is 0.294 e. The van der Waals surface area contributed by atoms with Crippen LogP contribution in [0.5, 0.6) is 0 Å². The second kappa shape index (κ2) is 7.69. The van der Waals surface area contributed by atoms with Gasteiger partial charge < -0.3 is 0 Å². The normalized spacial score (nSPS) is 16.2. The number of aromatic nitrogens is 3. The molecule has 3 aromatic rings. The minimum absolute atomic E-state index is 0.0678. The molecule has 1 amide bonds. The van der Waals surface area contributed by atoms with Gasteiger partial charge in [0.1, 0.15) is 5.82 Å². The van der Waals surface area contributed by atoms with Crippen molar-refractivity contribution in [3.05, 3.63) is 53.4 Å². The maximum Gasteiger partial charge on any atom is 0.243 e. The second-order valence-corrected chi connectivity index (χ2v) is 9.04. The van der Waals surface area contributed by atoms with Gasteiger partial charge in [-0.1, -0.05) is 17.7 Å². The van der Waals surface area contributed by atoms with Crippen LogP contribution in [0.25, 0.3) is 5.65 Å². The lowest BCUT2D eigenvalue weighted by Crippen LogP contribution is -2.41. The Morgan fingerprint density at radius 3 is 2.66 bits per heavy atom. The number of hydrogen-bond donors (Lipinski definition) is 1. The van der Waals surface area contributed by atoms with E-state index in [0.29, 0.717) is 24.4 Å². The molecule has 29 heavy (non-hydrogen) atoms. The zero-order valence-corrected chi connectivity index (χ0v) is 16.7. The van der Waals surface area contributed by atoms with E-state index in [1.165, 1.54) is 10.4 Å². The molecule has 0 radical (unpaired) electrons. The summed E-state index contributed by atoms with van der Waals surface area (Å²) in [6.07, 6.45) is 2.46. The lowest BCUT2D eigenvalue weighted by Gasteiger charge is -2.30. The van der Waals surface area contributed by atoms with Gasteiger partial charge in [-0.2, -0.15) is 4.31 Å². The summed E-state index contributed by atoms with van der Waals surface area (Å²) in [5, 5.41) is 10.5. The van der Waals surface area contributed by atoms with Gasteiger partial charge in [0, 0.05) is 25.2 Å². The molecule has 1 aliphatic rings. The van der Waals surface area contributed by atoms with Gasteiger partial charge in [-0.3, -0.25) is 14.5 Å². The van der Waals surface area contributed by atoms with Gasteiger partial charge >= 0.3 is 0 Å². The topological polar surface area (TPSA) is 96.7 Å². The second-order valence-electron chi connectivity index (χ2n) is 6.70. The van der Waals surface area contributed by atoms with E-state index in [-0.39, 0.29) is 34.8 Å². The number of rotatable bonds is 4. The van der Waals surface area contributed by atoms with Gasteiger partial charge in [0.2, 0.25) is 21.9 Å². The van der Waals surface area contributed by atoms with Crippen LogP contribution in [0.1, 0.15) is 12.8 Å². The number of benzene rings is 1. The molecular weight excluding hydrogens is 421 g/mol. The molecular formula is C18H17ClFN5O3S. The van der Waals surface area contributed by atoms with Crippen LogP contribution >= 0.6 is 11.6 Å². The van der Waals surface area contributed by atoms with Crippen molar-refractivity contribution >= 4 is 39.1 Å². The third-order valence-corrected chi connectivity index (χ3v) is 7.09. The Kier molecular flexibility index (Phi) is 5.24. The minimum atomic E-state index is -3.81. The van der Waals surface area contributed by atoms with E-state index in [0.717, 1.165) is 12.1 Å². The Balaban J connectivity index is 1.42. The predicted octanol–water partition coefficient (Wildman–Crippen LogP) is 2.56. The van der Waals surface area contributed by atoms with Crippen LogP contribution in [0.4, 0.5) is 10.3 Å². The molecule has 0 atom stereocenters. The van der Waals surface area contributed by atoms with Crippen LogP contribution in [0.3, 0.4) is 0 Å². The molecule has 0 saturated carbocycles. The zero-order valence-electron chi connectivity index (χ0n) is 15.1. The summed E-state index contributed by atoms with van der Waals surface area (Å²) < 4.78 is 41.8. The highest BCUT2D eigenvalue weighted by molar-refractivity contribution is 7.89. The van der Waals surface area contributed by atoms with E-state index < -0.39 is 15.8 Å². The standard InChI is InChI=1S/C18H17ClFN5O3S/c19-14-11-13(4-5-15(14)20)29(27,28)24-9-6-12(7-10-24)17(26)21-18-23-22-16-3-1-2-8-25(16)18/h1-5,8,11-12H,6-7,9-10H2,(H,21,23,26). The zero-order chi connectivity index (χ0) is 20.6. The third-order valence-electron chi connectivity index (χ3n) is 4.90. The third kappa shape index (κ3) is 3.83. The fourth-order valence-electron chi connectivity index (χ4n) is 3.28. The summed E-state index contributed by atoms with van der Waals surface area (Å²) in [6.45, 7) is 0.353.